The van der Waals surface area contributed by atoms with Gasteiger partial charge in [0.1, 0.15) is 5.75 Å². The van der Waals surface area contributed by atoms with Crippen LogP contribution < -0.4 is 15.0 Å². The SMILES string of the molecule is COc1ccc(C(=O)Nc2cccc(N3CCCC3=O)c2)cc1Br. The second kappa shape index (κ2) is 7.05. The quantitative estimate of drug-likeness (QED) is 0.865. The van der Waals surface area contributed by atoms with Crippen molar-refractivity contribution in [1.82, 2.24) is 0 Å². The number of carbonyl (C=O) groups is 2. The highest BCUT2D eigenvalue weighted by Crippen LogP contribution is 2.27. The number of rotatable bonds is 4. The highest BCUT2D eigenvalue weighted by Gasteiger charge is 2.21. The van der Waals surface area contributed by atoms with Crippen molar-refractivity contribution in [2.75, 3.05) is 23.9 Å². The topological polar surface area (TPSA) is 58.6 Å². The second-order valence-corrected chi connectivity index (χ2v) is 6.36. The molecule has 1 saturated heterocycles. The molecule has 1 heterocycles. The third-order valence-electron chi connectivity index (χ3n) is 3.90. The molecule has 2 aromatic rings. The van der Waals surface area contributed by atoms with Crippen LogP contribution >= 0.6 is 15.9 Å². The van der Waals surface area contributed by atoms with Crippen LogP contribution in [0.2, 0.25) is 0 Å². The zero-order valence-electron chi connectivity index (χ0n) is 13.2. The van der Waals surface area contributed by atoms with E-state index >= 15 is 0 Å². The van der Waals surface area contributed by atoms with Gasteiger partial charge in [-0.1, -0.05) is 6.07 Å². The molecule has 1 aliphatic rings. The first-order valence-corrected chi connectivity index (χ1v) is 8.43. The fourth-order valence-electron chi connectivity index (χ4n) is 2.68. The van der Waals surface area contributed by atoms with Crippen LogP contribution in [-0.2, 0) is 4.79 Å². The van der Waals surface area contributed by atoms with Crippen LogP contribution in [0.25, 0.3) is 0 Å². The molecule has 6 heteroatoms. The molecule has 0 spiro atoms. The van der Waals surface area contributed by atoms with E-state index in [2.05, 4.69) is 21.2 Å². The average molecular weight is 389 g/mol. The number of methoxy groups -OCH3 is 1. The van der Waals surface area contributed by atoms with Crippen molar-refractivity contribution in [3.8, 4) is 5.75 Å². The van der Waals surface area contributed by atoms with Gasteiger partial charge in [-0.2, -0.15) is 0 Å². The van der Waals surface area contributed by atoms with E-state index in [4.69, 9.17) is 4.74 Å². The third kappa shape index (κ3) is 3.43. The number of benzene rings is 2. The summed E-state index contributed by atoms with van der Waals surface area (Å²) < 4.78 is 5.88. The summed E-state index contributed by atoms with van der Waals surface area (Å²) in [4.78, 5) is 26.0. The molecule has 0 bridgehead atoms. The lowest BCUT2D eigenvalue weighted by Crippen LogP contribution is -2.23. The van der Waals surface area contributed by atoms with E-state index in [-0.39, 0.29) is 11.8 Å². The molecule has 0 saturated carbocycles. The van der Waals surface area contributed by atoms with E-state index in [9.17, 15) is 9.59 Å². The monoisotopic (exact) mass is 388 g/mol. The minimum absolute atomic E-state index is 0.123. The second-order valence-electron chi connectivity index (χ2n) is 5.50. The molecule has 124 valence electrons. The van der Waals surface area contributed by atoms with Crippen LogP contribution in [0, 0.1) is 0 Å². The smallest absolute Gasteiger partial charge is 0.255 e. The van der Waals surface area contributed by atoms with Crippen LogP contribution in [0.4, 0.5) is 11.4 Å². The average Bonchev–Trinajstić information content (AvgIpc) is 3.01. The van der Waals surface area contributed by atoms with Crippen molar-refractivity contribution in [1.29, 1.82) is 0 Å². The molecule has 1 aliphatic heterocycles. The van der Waals surface area contributed by atoms with Gasteiger partial charge in [-0.15, -0.1) is 0 Å². The number of ether oxygens (including phenoxy) is 1. The molecule has 2 amide bonds. The highest BCUT2D eigenvalue weighted by molar-refractivity contribution is 9.10. The number of hydrogen-bond donors (Lipinski definition) is 1. The van der Waals surface area contributed by atoms with E-state index in [1.807, 2.05) is 18.2 Å². The summed E-state index contributed by atoms with van der Waals surface area (Å²) in [6.45, 7) is 0.724. The van der Waals surface area contributed by atoms with Gasteiger partial charge in [-0.05, 0) is 58.7 Å². The van der Waals surface area contributed by atoms with E-state index in [0.717, 1.165) is 18.7 Å². The summed E-state index contributed by atoms with van der Waals surface area (Å²) in [5, 5.41) is 2.86. The highest BCUT2D eigenvalue weighted by atomic mass is 79.9. The lowest BCUT2D eigenvalue weighted by Gasteiger charge is -2.17. The summed E-state index contributed by atoms with van der Waals surface area (Å²) in [6.07, 6.45) is 1.45. The number of halogens is 1. The van der Waals surface area contributed by atoms with Crippen molar-refractivity contribution in [3.05, 3.63) is 52.5 Å². The van der Waals surface area contributed by atoms with E-state index in [0.29, 0.717) is 27.9 Å². The molecule has 0 atom stereocenters. The molecule has 1 fully saturated rings. The fraction of sp³-hybridized carbons (Fsp3) is 0.222. The molecular weight excluding hydrogens is 372 g/mol. The molecule has 24 heavy (non-hydrogen) atoms. The van der Waals surface area contributed by atoms with Gasteiger partial charge in [-0.25, -0.2) is 0 Å². The van der Waals surface area contributed by atoms with Crippen molar-refractivity contribution < 1.29 is 14.3 Å². The molecule has 3 rings (SSSR count). The first-order valence-electron chi connectivity index (χ1n) is 7.64. The molecule has 2 aromatic carbocycles. The lowest BCUT2D eigenvalue weighted by molar-refractivity contribution is -0.117. The number of nitrogens with one attached hydrogen (secondary N) is 1. The minimum atomic E-state index is -0.219. The Kier molecular flexibility index (Phi) is 4.85. The Balaban J connectivity index is 1.77. The molecular formula is C18H17BrN2O3. The van der Waals surface area contributed by atoms with Gasteiger partial charge in [0, 0.05) is 29.9 Å². The largest absolute Gasteiger partial charge is 0.496 e. The lowest BCUT2D eigenvalue weighted by atomic mass is 10.2. The zero-order valence-corrected chi connectivity index (χ0v) is 14.8. The summed E-state index contributed by atoms with van der Waals surface area (Å²) in [6, 6.07) is 12.5. The Morgan fingerprint density at radius 3 is 2.75 bits per heavy atom. The van der Waals surface area contributed by atoms with E-state index < -0.39 is 0 Å². The molecule has 0 aliphatic carbocycles. The van der Waals surface area contributed by atoms with Crippen molar-refractivity contribution in [3.63, 3.8) is 0 Å². The predicted octanol–water partition coefficient (Wildman–Crippen LogP) is 3.84. The molecule has 0 radical (unpaired) electrons. The number of anilines is 2. The summed E-state index contributed by atoms with van der Waals surface area (Å²) in [7, 11) is 1.57. The van der Waals surface area contributed by atoms with Gasteiger partial charge in [-0.3, -0.25) is 9.59 Å². The Labute approximate surface area is 148 Å². The standard InChI is InChI=1S/C18H17BrN2O3/c1-24-16-8-7-12(10-15(16)19)18(23)20-13-4-2-5-14(11-13)21-9-3-6-17(21)22/h2,4-5,7-8,10-11H,3,6,9H2,1H3,(H,20,23). The minimum Gasteiger partial charge on any atom is -0.496 e. The van der Waals surface area contributed by atoms with Gasteiger partial charge < -0.3 is 15.0 Å². The first-order chi connectivity index (χ1) is 11.6. The number of amides is 2. The van der Waals surface area contributed by atoms with Gasteiger partial charge in [0.05, 0.1) is 11.6 Å². The zero-order chi connectivity index (χ0) is 17.1. The number of carbonyl (C=O) groups excluding carboxylic acids is 2. The first kappa shape index (κ1) is 16.5. The Hall–Kier alpha value is -2.34. The van der Waals surface area contributed by atoms with Crippen molar-refractivity contribution >= 4 is 39.1 Å². The van der Waals surface area contributed by atoms with Gasteiger partial charge >= 0.3 is 0 Å². The molecule has 0 unspecified atom stereocenters. The Bertz CT molecular complexity index is 792. The van der Waals surface area contributed by atoms with Gasteiger partial charge in [0.25, 0.3) is 5.91 Å². The van der Waals surface area contributed by atoms with Crippen LogP contribution in [0.3, 0.4) is 0 Å². The van der Waals surface area contributed by atoms with Gasteiger partial charge in [0.15, 0.2) is 0 Å². The normalized spacial score (nSPS) is 13.9. The maximum absolute atomic E-state index is 12.4. The molecule has 1 N–H and O–H groups in total. The number of hydrogen-bond acceptors (Lipinski definition) is 3. The van der Waals surface area contributed by atoms with Crippen LogP contribution in [0.1, 0.15) is 23.2 Å². The molecule has 0 aromatic heterocycles. The summed E-state index contributed by atoms with van der Waals surface area (Å²) in [5.41, 5.74) is 1.99. The maximum Gasteiger partial charge on any atom is 0.255 e. The Morgan fingerprint density at radius 2 is 2.08 bits per heavy atom. The van der Waals surface area contributed by atoms with Gasteiger partial charge in [0.2, 0.25) is 5.91 Å². The van der Waals surface area contributed by atoms with Crippen LogP contribution in [0.5, 0.6) is 5.75 Å². The van der Waals surface area contributed by atoms with Crippen LogP contribution in [-0.4, -0.2) is 25.5 Å². The summed E-state index contributed by atoms with van der Waals surface area (Å²) in [5.74, 6) is 0.571. The van der Waals surface area contributed by atoms with Crippen molar-refractivity contribution in [2.24, 2.45) is 0 Å². The van der Waals surface area contributed by atoms with Crippen LogP contribution in [0.15, 0.2) is 46.9 Å². The third-order valence-corrected chi connectivity index (χ3v) is 4.52. The van der Waals surface area contributed by atoms with E-state index in [1.165, 1.54) is 0 Å². The Morgan fingerprint density at radius 1 is 1.25 bits per heavy atom. The summed E-state index contributed by atoms with van der Waals surface area (Å²) >= 11 is 3.37. The predicted molar refractivity (Wildman–Crippen MR) is 96.7 cm³/mol. The van der Waals surface area contributed by atoms with E-state index in [1.54, 1.807) is 36.3 Å². The molecule has 5 nitrogen and oxygen atoms in total. The number of nitrogens with zero attached hydrogens (tertiary/aromatic N) is 1. The maximum atomic E-state index is 12.4. The van der Waals surface area contributed by atoms with Crippen molar-refractivity contribution in [2.45, 2.75) is 12.8 Å². The fourth-order valence-corrected chi connectivity index (χ4v) is 3.22.